The number of aromatic nitrogens is 2. The third-order valence-corrected chi connectivity index (χ3v) is 5.90. The molecule has 0 bridgehead atoms. The van der Waals surface area contributed by atoms with Gasteiger partial charge in [-0.15, -0.1) is 0 Å². The fourth-order valence-corrected chi connectivity index (χ4v) is 4.12. The van der Waals surface area contributed by atoms with Gasteiger partial charge < -0.3 is 9.64 Å². The van der Waals surface area contributed by atoms with Gasteiger partial charge in [0.25, 0.3) is 5.91 Å². The van der Waals surface area contributed by atoms with Gasteiger partial charge in [0.1, 0.15) is 11.6 Å². The smallest absolute Gasteiger partial charge is 0.253 e. The number of carbonyl (C=O) groups excluding carboxylic acids is 1. The van der Waals surface area contributed by atoms with Crippen LogP contribution in [-0.4, -0.2) is 33.9 Å². The molecule has 3 aromatic rings. The molecule has 0 N–H and O–H groups in total. The number of benzene rings is 2. The van der Waals surface area contributed by atoms with Gasteiger partial charge in [-0.1, -0.05) is 36.4 Å². The number of carbonyl (C=O) groups is 1. The van der Waals surface area contributed by atoms with E-state index in [1.807, 2.05) is 48.4 Å². The number of nitrogens with zero attached hydrogens (tertiary/aromatic N) is 3. The maximum atomic E-state index is 14.0. The van der Waals surface area contributed by atoms with E-state index in [0.717, 1.165) is 29.7 Å². The van der Waals surface area contributed by atoms with Crippen LogP contribution in [0.15, 0.2) is 54.7 Å². The number of aryl methyl sites for hydroxylation is 2. The largest absolute Gasteiger partial charge is 0.372 e. The summed E-state index contributed by atoms with van der Waals surface area (Å²) in [6.07, 6.45) is 3.64. The fraction of sp³-hybridized carbons (Fsp3) is 0.346. The predicted octanol–water partition coefficient (Wildman–Crippen LogP) is 4.97. The molecule has 1 saturated heterocycles. The number of rotatable bonds is 6. The average Bonchev–Trinajstić information content (AvgIpc) is 2.82. The second-order valence-corrected chi connectivity index (χ2v) is 8.36. The minimum absolute atomic E-state index is 0.0972. The SMILES string of the molecule is Cc1ncc(COCc2ccccc2)c(C2CCCN(C(=O)c3ccc(C)c(F)c3)C2)n1. The Morgan fingerprint density at radius 1 is 1.16 bits per heavy atom. The van der Waals surface area contributed by atoms with E-state index >= 15 is 0 Å². The van der Waals surface area contributed by atoms with Crippen LogP contribution in [0, 0.1) is 19.7 Å². The summed E-state index contributed by atoms with van der Waals surface area (Å²) < 4.78 is 19.9. The van der Waals surface area contributed by atoms with Gasteiger partial charge >= 0.3 is 0 Å². The van der Waals surface area contributed by atoms with Crippen molar-refractivity contribution < 1.29 is 13.9 Å². The first-order valence-corrected chi connectivity index (χ1v) is 11.0. The molecule has 2 aromatic carbocycles. The quantitative estimate of drug-likeness (QED) is 0.551. The Labute approximate surface area is 188 Å². The highest BCUT2D eigenvalue weighted by molar-refractivity contribution is 5.94. The van der Waals surface area contributed by atoms with E-state index in [4.69, 9.17) is 9.72 Å². The van der Waals surface area contributed by atoms with Crippen molar-refractivity contribution in [2.45, 2.75) is 45.8 Å². The van der Waals surface area contributed by atoms with Gasteiger partial charge in [0, 0.05) is 36.3 Å². The third-order valence-electron chi connectivity index (χ3n) is 5.90. The molecule has 4 rings (SSSR count). The standard InChI is InChI=1S/C26H28FN3O2/c1-18-10-11-21(13-24(18)27)26(31)30-12-6-9-22(15-30)25-23(14-28-19(2)29-25)17-32-16-20-7-4-3-5-8-20/h3-5,7-8,10-11,13-14,22H,6,9,12,15-17H2,1-2H3. The maximum absolute atomic E-state index is 14.0. The second-order valence-electron chi connectivity index (χ2n) is 8.36. The number of ether oxygens (including phenoxy) is 1. The zero-order valence-electron chi connectivity index (χ0n) is 18.6. The number of hydrogen-bond acceptors (Lipinski definition) is 4. The maximum Gasteiger partial charge on any atom is 0.253 e. The van der Waals surface area contributed by atoms with Crippen molar-refractivity contribution in [1.82, 2.24) is 14.9 Å². The number of piperidine rings is 1. The molecule has 1 unspecified atom stereocenters. The molecule has 1 aromatic heterocycles. The molecular weight excluding hydrogens is 405 g/mol. The molecule has 0 spiro atoms. The summed E-state index contributed by atoms with van der Waals surface area (Å²) >= 11 is 0. The summed E-state index contributed by atoms with van der Waals surface area (Å²) in [5.41, 5.74) is 3.93. The number of halogens is 1. The lowest BCUT2D eigenvalue weighted by Crippen LogP contribution is -2.39. The Hall–Kier alpha value is -3.12. The van der Waals surface area contributed by atoms with Crippen LogP contribution in [0.2, 0.25) is 0 Å². The van der Waals surface area contributed by atoms with Crippen LogP contribution in [0.4, 0.5) is 4.39 Å². The molecular formula is C26H28FN3O2. The van der Waals surface area contributed by atoms with Crippen molar-refractivity contribution >= 4 is 5.91 Å². The summed E-state index contributed by atoms with van der Waals surface area (Å²) in [4.78, 5) is 23.9. The fourth-order valence-electron chi connectivity index (χ4n) is 4.12. The van der Waals surface area contributed by atoms with Crippen LogP contribution in [0.5, 0.6) is 0 Å². The van der Waals surface area contributed by atoms with E-state index in [0.29, 0.717) is 43.3 Å². The lowest BCUT2D eigenvalue weighted by molar-refractivity contribution is 0.0702. The topological polar surface area (TPSA) is 55.3 Å². The molecule has 1 aliphatic heterocycles. The zero-order chi connectivity index (χ0) is 22.5. The van der Waals surface area contributed by atoms with E-state index in [1.54, 1.807) is 19.1 Å². The van der Waals surface area contributed by atoms with Gasteiger partial charge in [-0.3, -0.25) is 4.79 Å². The first kappa shape index (κ1) is 22.1. The summed E-state index contributed by atoms with van der Waals surface area (Å²) in [6.45, 7) is 5.71. The van der Waals surface area contributed by atoms with E-state index < -0.39 is 0 Å². The second kappa shape index (κ2) is 10.0. The van der Waals surface area contributed by atoms with Gasteiger partial charge in [-0.2, -0.15) is 0 Å². The summed E-state index contributed by atoms with van der Waals surface area (Å²) in [5, 5.41) is 0. The molecule has 1 fully saturated rings. The van der Waals surface area contributed by atoms with E-state index in [-0.39, 0.29) is 17.6 Å². The van der Waals surface area contributed by atoms with Crippen LogP contribution in [-0.2, 0) is 18.0 Å². The molecule has 0 radical (unpaired) electrons. The van der Waals surface area contributed by atoms with Crippen molar-refractivity contribution in [3.8, 4) is 0 Å². The minimum Gasteiger partial charge on any atom is -0.372 e. The molecule has 1 atom stereocenters. The van der Waals surface area contributed by atoms with Crippen LogP contribution in [0.25, 0.3) is 0 Å². The van der Waals surface area contributed by atoms with Crippen molar-refractivity contribution in [1.29, 1.82) is 0 Å². The molecule has 2 heterocycles. The average molecular weight is 434 g/mol. The first-order chi connectivity index (χ1) is 15.5. The lowest BCUT2D eigenvalue weighted by atomic mass is 9.91. The normalized spacial score (nSPS) is 16.2. The highest BCUT2D eigenvalue weighted by atomic mass is 19.1. The van der Waals surface area contributed by atoms with Gasteiger partial charge in [-0.05, 0) is 49.9 Å². The van der Waals surface area contributed by atoms with Crippen LogP contribution >= 0.6 is 0 Å². The zero-order valence-corrected chi connectivity index (χ0v) is 18.6. The van der Waals surface area contributed by atoms with Crippen LogP contribution in [0.1, 0.15) is 57.3 Å². The molecule has 6 heteroatoms. The van der Waals surface area contributed by atoms with Crippen LogP contribution < -0.4 is 0 Å². The minimum atomic E-state index is -0.353. The lowest BCUT2D eigenvalue weighted by Gasteiger charge is -2.33. The van der Waals surface area contributed by atoms with Crippen LogP contribution in [0.3, 0.4) is 0 Å². The summed E-state index contributed by atoms with van der Waals surface area (Å²) in [5.74, 6) is 0.311. The Bertz CT molecular complexity index is 1090. The highest BCUT2D eigenvalue weighted by Crippen LogP contribution is 2.29. The predicted molar refractivity (Wildman–Crippen MR) is 121 cm³/mol. The van der Waals surface area contributed by atoms with Gasteiger partial charge in [0.15, 0.2) is 0 Å². The van der Waals surface area contributed by atoms with Crippen molar-refractivity contribution in [2.24, 2.45) is 0 Å². The Kier molecular flexibility index (Phi) is 6.90. The summed E-state index contributed by atoms with van der Waals surface area (Å²) in [7, 11) is 0. The van der Waals surface area contributed by atoms with E-state index in [9.17, 15) is 9.18 Å². The molecule has 32 heavy (non-hydrogen) atoms. The van der Waals surface area contributed by atoms with E-state index in [2.05, 4.69) is 4.98 Å². The van der Waals surface area contributed by atoms with Gasteiger partial charge in [-0.25, -0.2) is 14.4 Å². The molecule has 5 nitrogen and oxygen atoms in total. The molecule has 166 valence electrons. The number of likely N-dealkylation sites (tertiary alicyclic amines) is 1. The molecule has 0 aliphatic carbocycles. The van der Waals surface area contributed by atoms with Crippen molar-refractivity contribution in [3.05, 3.63) is 94.3 Å². The number of hydrogen-bond donors (Lipinski definition) is 0. The molecule has 1 amide bonds. The number of amides is 1. The highest BCUT2D eigenvalue weighted by Gasteiger charge is 2.28. The van der Waals surface area contributed by atoms with E-state index in [1.165, 1.54) is 6.07 Å². The Morgan fingerprint density at radius 2 is 1.97 bits per heavy atom. The van der Waals surface area contributed by atoms with Crippen molar-refractivity contribution in [2.75, 3.05) is 13.1 Å². The first-order valence-electron chi connectivity index (χ1n) is 11.0. The Morgan fingerprint density at radius 3 is 2.75 bits per heavy atom. The molecule has 1 aliphatic rings. The summed E-state index contributed by atoms with van der Waals surface area (Å²) in [6, 6.07) is 14.7. The monoisotopic (exact) mass is 433 g/mol. The van der Waals surface area contributed by atoms with Crippen molar-refractivity contribution in [3.63, 3.8) is 0 Å². The molecule has 0 saturated carbocycles. The van der Waals surface area contributed by atoms with Gasteiger partial charge in [0.05, 0.1) is 18.9 Å². The van der Waals surface area contributed by atoms with Gasteiger partial charge in [0.2, 0.25) is 0 Å². The third kappa shape index (κ3) is 5.19. The Balaban J connectivity index is 1.48.